The molecule has 4 aromatic carbocycles. The first-order valence-electron chi connectivity index (χ1n) is 15.2. The molecule has 1 fully saturated rings. The Balaban J connectivity index is 1.33. The Morgan fingerprint density at radius 2 is 1.42 bits per heavy atom. The van der Waals surface area contributed by atoms with Crippen molar-refractivity contribution in [2.75, 3.05) is 0 Å². The molecule has 0 bridgehead atoms. The molecule has 0 unspecified atom stereocenters. The van der Waals surface area contributed by atoms with Crippen molar-refractivity contribution in [3.8, 4) is 0 Å². The van der Waals surface area contributed by atoms with Crippen molar-refractivity contribution in [3.05, 3.63) is 108 Å². The molecule has 0 spiro atoms. The maximum Gasteiger partial charge on any atom is 0.331 e. The lowest BCUT2D eigenvalue weighted by Crippen LogP contribution is -2.07. The zero-order valence-electron chi connectivity index (χ0n) is 24.7. The SMILES string of the molecule is CCn1c2ccc(C(=O)c3ccc(Sc4ccccc4)cc3)cc2c2cc(/C(CCC3CCCC3)=N/OC(C)=O)ccc21. The van der Waals surface area contributed by atoms with Crippen LogP contribution in [0.4, 0.5) is 0 Å². The molecule has 1 aromatic heterocycles. The van der Waals surface area contributed by atoms with Gasteiger partial charge in [0.2, 0.25) is 0 Å². The highest BCUT2D eigenvalue weighted by molar-refractivity contribution is 7.99. The van der Waals surface area contributed by atoms with E-state index in [0.29, 0.717) is 17.0 Å². The fourth-order valence-corrected chi connectivity index (χ4v) is 7.07. The molecule has 0 amide bonds. The number of hydrogen-bond acceptors (Lipinski definition) is 5. The van der Waals surface area contributed by atoms with E-state index >= 15 is 0 Å². The lowest BCUT2D eigenvalue weighted by molar-refractivity contribution is -0.140. The van der Waals surface area contributed by atoms with Crippen LogP contribution in [0.3, 0.4) is 0 Å². The van der Waals surface area contributed by atoms with Gasteiger partial charge in [-0.15, -0.1) is 0 Å². The van der Waals surface area contributed by atoms with Crippen molar-refractivity contribution in [2.45, 2.75) is 68.7 Å². The molecule has 0 radical (unpaired) electrons. The Morgan fingerprint density at radius 1 is 0.814 bits per heavy atom. The Morgan fingerprint density at radius 3 is 2.07 bits per heavy atom. The third-order valence-electron chi connectivity index (χ3n) is 8.42. The van der Waals surface area contributed by atoms with Gasteiger partial charge < -0.3 is 9.40 Å². The zero-order valence-corrected chi connectivity index (χ0v) is 25.5. The topological polar surface area (TPSA) is 60.7 Å². The summed E-state index contributed by atoms with van der Waals surface area (Å²) in [6.45, 7) is 4.32. The van der Waals surface area contributed by atoms with Crippen molar-refractivity contribution in [3.63, 3.8) is 0 Å². The summed E-state index contributed by atoms with van der Waals surface area (Å²) in [4.78, 5) is 32.6. The third-order valence-corrected chi connectivity index (χ3v) is 9.44. The molecule has 1 heterocycles. The van der Waals surface area contributed by atoms with Crippen molar-refractivity contribution in [1.29, 1.82) is 0 Å². The van der Waals surface area contributed by atoms with Crippen molar-refractivity contribution < 1.29 is 14.4 Å². The number of carbonyl (C=O) groups excluding carboxylic acids is 2. The summed E-state index contributed by atoms with van der Waals surface area (Å²) < 4.78 is 2.28. The fourth-order valence-electron chi connectivity index (χ4n) is 6.23. The first kappa shape index (κ1) is 28.9. The summed E-state index contributed by atoms with van der Waals surface area (Å²) in [6, 6.07) is 30.4. The molecular formula is C37H36N2O3S. The van der Waals surface area contributed by atoms with Crippen LogP contribution in [0.2, 0.25) is 0 Å². The number of ketones is 1. The molecule has 1 saturated carbocycles. The maximum atomic E-state index is 13.6. The molecule has 1 aliphatic carbocycles. The molecule has 5 aromatic rings. The number of carbonyl (C=O) groups is 2. The molecule has 218 valence electrons. The highest BCUT2D eigenvalue weighted by Gasteiger charge is 2.19. The Hall–Kier alpha value is -4.16. The first-order chi connectivity index (χ1) is 21.0. The van der Waals surface area contributed by atoms with E-state index in [2.05, 4.69) is 53.0 Å². The van der Waals surface area contributed by atoms with Gasteiger partial charge in [0.15, 0.2) is 5.78 Å². The standard InChI is InChI=1S/C37H36N2O3S/c1-3-39-35-21-16-28(34(38-42-25(2)40)20-13-26-9-7-8-10-26)23-32(35)33-24-29(17-22-36(33)39)37(41)27-14-18-31(19-15-27)43-30-11-5-4-6-12-30/h4-6,11-12,14-19,21-24,26H,3,7-10,13,20H2,1-2H3/b38-34+. The van der Waals surface area contributed by atoms with E-state index in [4.69, 9.17) is 4.84 Å². The van der Waals surface area contributed by atoms with E-state index in [1.165, 1.54) is 37.5 Å². The van der Waals surface area contributed by atoms with E-state index in [-0.39, 0.29) is 5.78 Å². The summed E-state index contributed by atoms with van der Waals surface area (Å²) >= 11 is 1.68. The number of aryl methyl sites for hydroxylation is 1. The molecule has 5 nitrogen and oxygen atoms in total. The summed E-state index contributed by atoms with van der Waals surface area (Å²) in [7, 11) is 0. The second-order valence-electron chi connectivity index (χ2n) is 11.3. The zero-order chi connectivity index (χ0) is 29.8. The molecular weight excluding hydrogens is 552 g/mol. The average molecular weight is 589 g/mol. The predicted molar refractivity (Wildman–Crippen MR) is 175 cm³/mol. The summed E-state index contributed by atoms with van der Waals surface area (Å²) in [5, 5.41) is 6.39. The first-order valence-corrected chi connectivity index (χ1v) is 16.0. The molecule has 6 heteroatoms. The van der Waals surface area contributed by atoms with E-state index in [0.717, 1.165) is 57.4 Å². The minimum Gasteiger partial charge on any atom is -0.341 e. The number of rotatable bonds is 10. The van der Waals surface area contributed by atoms with Crippen LogP contribution in [-0.4, -0.2) is 22.0 Å². The van der Waals surface area contributed by atoms with E-state index in [1.807, 2.05) is 54.6 Å². The monoisotopic (exact) mass is 588 g/mol. The van der Waals surface area contributed by atoms with Crippen molar-refractivity contribution >= 4 is 51.0 Å². The van der Waals surface area contributed by atoms with E-state index in [1.54, 1.807) is 11.8 Å². The van der Waals surface area contributed by atoms with Gasteiger partial charge in [-0.2, -0.15) is 0 Å². The molecule has 0 aliphatic heterocycles. The van der Waals surface area contributed by atoms with Gasteiger partial charge in [0.1, 0.15) is 0 Å². The number of nitrogens with zero attached hydrogens (tertiary/aromatic N) is 2. The van der Waals surface area contributed by atoms with E-state index in [9.17, 15) is 9.59 Å². The van der Waals surface area contributed by atoms with Gasteiger partial charge in [-0.1, -0.05) is 66.9 Å². The second kappa shape index (κ2) is 13.0. The predicted octanol–water partition coefficient (Wildman–Crippen LogP) is 9.43. The van der Waals surface area contributed by atoms with Crippen LogP contribution in [0.25, 0.3) is 21.8 Å². The molecule has 1 aliphatic rings. The van der Waals surface area contributed by atoms with Gasteiger partial charge in [-0.25, -0.2) is 4.79 Å². The summed E-state index contributed by atoms with van der Waals surface area (Å²) in [6.07, 6.45) is 6.90. The second-order valence-corrected chi connectivity index (χ2v) is 12.4. The van der Waals surface area contributed by atoms with Gasteiger partial charge in [0.25, 0.3) is 0 Å². The molecule has 0 N–H and O–H groups in total. The smallest absolute Gasteiger partial charge is 0.331 e. The molecule has 0 saturated heterocycles. The third kappa shape index (κ3) is 6.45. The maximum absolute atomic E-state index is 13.6. The Kier molecular flexibility index (Phi) is 8.75. The number of hydrogen-bond donors (Lipinski definition) is 0. The van der Waals surface area contributed by atoms with Crippen molar-refractivity contribution in [2.24, 2.45) is 11.1 Å². The van der Waals surface area contributed by atoms with Crippen LogP contribution in [0, 0.1) is 5.92 Å². The van der Waals surface area contributed by atoms with Crippen LogP contribution in [0.15, 0.2) is 106 Å². The van der Waals surface area contributed by atoms with Crippen LogP contribution in [-0.2, 0) is 16.2 Å². The lowest BCUT2D eigenvalue weighted by atomic mass is 9.96. The minimum absolute atomic E-state index is 0.000359. The highest BCUT2D eigenvalue weighted by Crippen LogP contribution is 2.34. The quantitative estimate of drug-likeness (QED) is 0.0706. The fraction of sp³-hybridized carbons (Fsp3) is 0.270. The number of benzene rings is 4. The van der Waals surface area contributed by atoms with Crippen molar-refractivity contribution in [1.82, 2.24) is 4.57 Å². The van der Waals surface area contributed by atoms with Gasteiger partial charge in [-0.05, 0) is 92.4 Å². The summed E-state index contributed by atoms with van der Waals surface area (Å²) in [5.74, 6) is 0.282. The van der Waals surface area contributed by atoms with Crippen LogP contribution in [0.5, 0.6) is 0 Å². The lowest BCUT2D eigenvalue weighted by Gasteiger charge is -2.11. The normalized spacial score (nSPS) is 14.0. The van der Waals surface area contributed by atoms with Gasteiger partial charge in [0.05, 0.1) is 5.71 Å². The van der Waals surface area contributed by atoms with Crippen LogP contribution >= 0.6 is 11.8 Å². The molecule has 0 atom stereocenters. The Labute approximate surface area is 256 Å². The van der Waals surface area contributed by atoms with E-state index < -0.39 is 5.97 Å². The number of oxime groups is 1. The molecule has 43 heavy (non-hydrogen) atoms. The number of fused-ring (bicyclic) bond motifs is 3. The minimum atomic E-state index is -0.420. The van der Waals surface area contributed by atoms with Crippen LogP contribution < -0.4 is 0 Å². The summed E-state index contributed by atoms with van der Waals surface area (Å²) in [5.41, 5.74) is 5.26. The van der Waals surface area contributed by atoms with Crippen LogP contribution in [0.1, 0.15) is 73.9 Å². The Bertz CT molecular complexity index is 1800. The van der Waals surface area contributed by atoms with Gasteiger partial charge >= 0.3 is 5.97 Å². The highest BCUT2D eigenvalue weighted by atomic mass is 32.2. The van der Waals surface area contributed by atoms with Gasteiger partial charge in [-0.3, -0.25) is 4.79 Å². The number of aromatic nitrogens is 1. The average Bonchev–Trinajstić information content (AvgIpc) is 3.67. The largest absolute Gasteiger partial charge is 0.341 e. The van der Waals surface area contributed by atoms with Gasteiger partial charge in [0, 0.05) is 61.8 Å². The molecule has 6 rings (SSSR count).